The van der Waals surface area contributed by atoms with Gasteiger partial charge >= 0.3 is 0 Å². The second-order valence-corrected chi connectivity index (χ2v) is 6.99. The standard InChI is InChI=1S/C20H24N2O4S/c1-2-25-16-7-9-17(10-8-16)26-11-12-27-20-21-18-5-3-4-6-19(18)22(20)13-15(24)14-23/h3-10,15,23-24H,2,11-14H2,1H3/t15-/m1/s1. The number of hydrogen-bond acceptors (Lipinski definition) is 6. The first-order valence-electron chi connectivity index (χ1n) is 8.94. The number of aliphatic hydroxyl groups is 2. The van der Waals surface area contributed by atoms with Gasteiger partial charge in [-0.15, -0.1) is 0 Å². The van der Waals surface area contributed by atoms with Gasteiger partial charge in [-0.2, -0.15) is 0 Å². The van der Waals surface area contributed by atoms with Crippen LogP contribution in [-0.2, 0) is 6.54 Å². The van der Waals surface area contributed by atoms with Crippen LogP contribution in [0.25, 0.3) is 11.0 Å². The van der Waals surface area contributed by atoms with Gasteiger partial charge in [0.2, 0.25) is 0 Å². The van der Waals surface area contributed by atoms with Crippen LogP contribution in [0, 0.1) is 0 Å². The molecule has 6 nitrogen and oxygen atoms in total. The summed E-state index contributed by atoms with van der Waals surface area (Å²) >= 11 is 1.57. The summed E-state index contributed by atoms with van der Waals surface area (Å²) in [5, 5.41) is 19.8. The van der Waals surface area contributed by atoms with Crippen LogP contribution in [0.2, 0.25) is 0 Å². The smallest absolute Gasteiger partial charge is 0.169 e. The zero-order chi connectivity index (χ0) is 19.1. The maximum atomic E-state index is 9.85. The van der Waals surface area contributed by atoms with Gasteiger partial charge in [-0.1, -0.05) is 23.9 Å². The Labute approximate surface area is 162 Å². The number of imidazole rings is 1. The molecule has 0 amide bonds. The van der Waals surface area contributed by atoms with Gasteiger partial charge in [-0.25, -0.2) is 4.98 Å². The Kier molecular flexibility index (Phi) is 6.98. The van der Waals surface area contributed by atoms with Gasteiger partial charge in [-0.05, 0) is 43.3 Å². The fourth-order valence-corrected chi connectivity index (χ4v) is 3.54. The Morgan fingerprint density at radius 3 is 2.48 bits per heavy atom. The number of benzene rings is 2. The van der Waals surface area contributed by atoms with Crippen molar-refractivity contribution in [1.29, 1.82) is 0 Å². The maximum Gasteiger partial charge on any atom is 0.169 e. The fraction of sp³-hybridized carbons (Fsp3) is 0.350. The molecule has 1 atom stereocenters. The van der Waals surface area contributed by atoms with E-state index in [1.54, 1.807) is 11.8 Å². The van der Waals surface area contributed by atoms with E-state index in [2.05, 4.69) is 4.98 Å². The van der Waals surface area contributed by atoms with Crippen molar-refractivity contribution in [3.63, 3.8) is 0 Å². The van der Waals surface area contributed by atoms with E-state index in [0.717, 1.165) is 27.7 Å². The number of thioether (sulfide) groups is 1. The molecule has 0 bridgehead atoms. The Hall–Kier alpha value is -2.22. The average molecular weight is 388 g/mol. The Morgan fingerprint density at radius 1 is 1.07 bits per heavy atom. The third kappa shape index (κ3) is 5.15. The highest BCUT2D eigenvalue weighted by molar-refractivity contribution is 7.99. The number of aliphatic hydroxyl groups excluding tert-OH is 2. The Morgan fingerprint density at radius 2 is 1.78 bits per heavy atom. The van der Waals surface area contributed by atoms with Crippen molar-refractivity contribution in [3.05, 3.63) is 48.5 Å². The molecule has 27 heavy (non-hydrogen) atoms. The lowest BCUT2D eigenvalue weighted by Gasteiger charge is -2.12. The van der Waals surface area contributed by atoms with Crippen LogP contribution in [0.1, 0.15) is 6.92 Å². The highest BCUT2D eigenvalue weighted by Gasteiger charge is 2.14. The minimum Gasteiger partial charge on any atom is -0.494 e. The lowest BCUT2D eigenvalue weighted by atomic mass is 10.3. The molecule has 3 aromatic rings. The van der Waals surface area contributed by atoms with Crippen molar-refractivity contribution in [2.24, 2.45) is 0 Å². The summed E-state index contributed by atoms with van der Waals surface area (Å²) in [5.41, 5.74) is 1.82. The SMILES string of the molecule is CCOc1ccc(OCCSc2nc3ccccc3n2C[C@@H](O)CO)cc1. The third-order valence-electron chi connectivity index (χ3n) is 3.94. The normalized spacial score (nSPS) is 12.3. The minimum absolute atomic E-state index is 0.280. The average Bonchev–Trinajstić information content (AvgIpc) is 3.04. The van der Waals surface area contributed by atoms with Gasteiger partial charge in [0, 0.05) is 5.75 Å². The molecule has 0 aliphatic carbocycles. The van der Waals surface area contributed by atoms with E-state index >= 15 is 0 Å². The van der Waals surface area contributed by atoms with Crippen LogP contribution < -0.4 is 9.47 Å². The number of para-hydroxylation sites is 2. The number of aromatic nitrogens is 2. The van der Waals surface area contributed by atoms with E-state index in [1.165, 1.54) is 0 Å². The van der Waals surface area contributed by atoms with Gasteiger partial charge in [-0.3, -0.25) is 0 Å². The van der Waals surface area contributed by atoms with Crippen LogP contribution in [-0.4, -0.2) is 51.4 Å². The summed E-state index contributed by atoms with van der Waals surface area (Å²) in [6, 6.07) is 15.3. The third-order valence-corrected chi connectivity index (χ3v) is 4.88. The lowest BCUT2D eigenvalue weighted by Crippen LogP contribution is -2.20. The van der Waals surface area contributed by atoms with Crippen LogP contribution in [0.3, 0.4) is 0 Å². The van der Waals surface area contributed by atoms with E-state index in [4.69, 9.17) is 9.47 Å². The molecule has 0 unspecified atom stereocenters. The summed E-state index contributed by atoms with van der Waals surface area (Å²) in [4.78, 5) is 4.64. The molecule has 1 heterocycles. The monoisotopic (exact) mass is 388 g/mol. The van der Waals surface area contributed by atoms with Crippen molar-refractivity contribution in [3.8, 4) is 11.5 Å². The molecule has 0 saturated carbocycles. The number of nitrogens with zero attached hydrogens (tertiary/aromatic N) is 2. The number of fused-ring (bicyclic) bond motifs is 1. The van der Waals surface area contributed by atoms with E-state index in [-0.39, 0.29) is 6.61 Å². The van der Waals surface area contributed by atoms with Crippen LogP contribution >= 0.6 is 11.8 Å². The van der Waals surface area contributed by atoms with E-state index < -0.39 is 6.10 Å². The predicted octanol–water partition coefficient (Wildman–Crippen LogP) is 2.96. The highest BCUT2D eigenvalue weighted by Crippen LogP contribution is 2.25. The first-order valence-corrected chi connectivity index (χ1v) is 9.92. The molecular formula is C20H24N2O4S. The summed E-state index contributed by atoms with van der Waals surface area (Å²) < 4.78 is 13.1. The van der Waals surface area contributed by atoms with E-state index in [0.29, 0.717) is 25.5 Å². The molecule has 3 rings (SSSR count). The van der Waals surface area contributed by atoms with Gasteiger partial charge in [0.1, 0.15) is 11.5 Å². The first-order chi connectivity index (χ1) is 13.2. The molecule has 0 aliphatic rings. The Bertz CT molecular complexity index is 851. The van der Waals surface area contributed by atoms with Gasteiger partial charge in [0.15, 0.2) is 5.16 Å². The van der Waals surface area contributed by atoms with Crippen molar-refractivity contribution >= 4 is 22.8 Å². The fourth-order valence-electron chi connectivity index (χ4n) is 2.70. The molecule has 2 aromatic carbocycles. The summed E-state index contributed by atoms with van der Waals surface area (Å²) in [5.74, 6) is 2.34. The largest absolute Gasteiger partial charge is 0.494 e. The highest BCUT2D eigenvalue weighted by atomic mass is 32.2. The lowest BCUT2D eigenvalue weighted by molar-refractivity contribution is 0.0802. The molecule has 0 aliphatic heterocycles. The molecule has 0 saturated heterocycles. The summed E-state index contributed by atoms with van der Waals surface area (Å²) in [6.07, 6.45) is -0.818. The molecule has 0 radical (unpaired) electrons. The first kappa shape index (κ1) is 19.5. The second-order valence-electron chi connectivity index (χ2n) is 5.93. The van der Waals surface area contributed by atoms with E-state index in [9.17, 15) is 10.2 Å². The molecule has 1 aromatic heterocycles. The number of hydrogen-bond donors (Lipinski definition) is 2. The zero-order valence-corrected chi connectivity index (χ0v) is 16.1. The molecule has 2 N–H and O–H groups in total. The number of rotatable bonds is 10. The minimum atomic E-state index is -0.818. The quantitative estimate of drug-likeness (QED) is 0.411. The summed E-state index contributed by atoms with van der Waals surface area (Å²) in [6.45, 7) is 3.15. The Balaban J connectivity index is 1.60. The second kappa shape index (κ2) is 9.64. The topological polar surface area (TPSA) is 76.7 Å². The zero-order valence-electron chi connectivity index (χ0n) is 15.2. The molecule has 7 heteroatoms. The van der Waals surface area contributed by atoms with Crippen LogP contribution in [0.5, 0.6) is 11.5 Å². The summed E-state index contributed by atoms with van der Waals surface area (Å²) in [7, 11) is 0. The molecular weight excluding hydrogens is 364 g/mol. The van der Waals surface area contributed by atoms with Crippen molar-refractivity contribution in [1.82, 2.24) is 9.55 Å². The maximum absolute atomic E-state index is 9.85. The van der Waals surface area contributed by atoms with Gasteiger partial charge < -0.3 is 24.3 Å². The number of ether oxygens (including phenoxy) is 2. The van der Waals surface area contributed by atoms with Crippen LogP contribution in [0.15, 0.2) is 53.7 Å². The van der Waals surface area contributed by atoms with Gasteiger partial charge in [0.25, 0.3) is 0 Å². The van der Waals surface area contributed by atoms with Crippen molar-refractivity contribution in [2.45, 2.75) is 24.7 Å². The van der Waals surface area contributed by atoms with Crippen molar-refractivity contribution in [2.75, 3.05) is 25.6 Å². The molecule has 0 spiro atoms. The van der Waals surface area contributed by atoms with E-state index in [1.807, 2.05) is 60.0 Å². The van der Waals surface area contributed by atoms with Gasteiger partial charge in [0.05, 0.1) is 43.5 Å². The van der Waals surface area contributed by atoms with Crippen molar-refractivity contribution < 1.29 is 19.7 Å². The molecule has 144 valence electrons. The molecule has 0 fully saturated rings. The predicted molar refractivity (Wildman–Crippen MR) is 107 cm³/mol. The van der Waals surface area contributed by atoms with Crippen LogP contribution in [0.4, 0.5) is 0 Å².